The number of hydrogen-bond donors (Lipinski definition) is 0. The number of ketones is 2. The van der Waals surface area contributed by atoms with Gasteiger partial charge >= 0.3 is 6.21 Å². The van der Waals surface area contributed by atoms with E-state index in [9.17, 15) is 18.0 Å². The molecule has 0 bridgehead atoms. The lowest BCUT2D eigenvalue weighted by Crippen LogP contribution is -2.14. The highest BCUT2D eigenvalue weighted by Crippen LogP contribution is 2.21. The summed E-state index contributed by atoms with van der Waals surface area (Å²) in [6.45, 7) is 0. The van der Waals surface area contributed by atoms with Crippen molar-refractivity contribution in [2.75, 3.05) is 6.26 Å². The molecule has 7 heteroatoms. The molecule has 0 unspecified atom stereocenters. The highest BCUT2D eigenvalue weighted by molar-refractivity contribution is 7.90. The summed E-state index contributed by atoms with van der Waals surface area (Å²) in [4.78, 5) is 27.2. The van der Waals surface area contributed by atoms with Crippen molar-refractivity contribution in [3.05, 3.63) is 70.8 Å². The third kappa shape index (κ3) is 3.48. The fraction of sp³-hybridized carbons (Fsp3) is 0.0625. The van der Waals surface area contributed by atoms with Crippen LogP contribution < -0.4 is 0 Å². The second-order valence-corrected chi connectivity index (χ2v) is 6.74. The summed E-state index contributed by atoms with van der Waals surface area (Å²) in [7, 11) is -3.60. The topological polar surface area (TPSA) is 105 Å². The number of sulfone groups is 1. The minimum atomic E-state index is -3.60. The molecule has 0 N–H and O–H groups in total. The minimum absolute atomic E-state index is 0.0174. The summed E-state index contributed by atoms with van der Waals surface area (Å²) in [5.74, 6) is -1.25. The molecule has 23 heavy (non-hydrogen) atoms. The summed E-state index contributed by atoms with van der Waals surface area (Å²) in [6, 6.07) is 11.7. The van der Waals surface area contributed by atoms with E-state index in [2.05, 4.69) is 4.79 Å². The predicted octanol–water partition coefficient (Wildman–Crippen LogP) is 1.80. The zero-order valence-electron chi connectivity index (χ0n) is 12.1. The van der Waals surface area contributed by atoms with Crippen LogP contribution in [-0.4, -0.2) is 37.2 Å². The fourth-order valence-corrected chi connectivity index (χ4v) is 3.03. The molecular weight excluding hydrogens is 316 g/mol. The standard InChI is InChI=1S/C16H12N2O4S/c1-23(21,22)15-9-5-4-8-13(15)16(20)12-7-3-2-6-11(12)14(19)10-18-17/h2-10H,1H3. The van der Waals surface area contributed by atoms with Gasteiger partial charge in [-0.2, -0.15) is 4.79 Å². The summed E-state index contributed by atoms with van der Waals surface area (Å²) in [6.07, 6.45) is 1.68. The minimum Gasteiger partial charge on any atom is -0.361 e. The van der Waals surface area contributed by atoms with Gasteiger partial charge in [0.05, 0.1) is 4.90 Å². The summed E-state index contributed by atoms with van der Waals surface area (Å²) in [5.41, 5.74) is 8.52. The van der Waals surface area contributed by atoms with E-state index in [1.807, 2.05) is 0 Å². The van der Waals surface area contributed by atoms with Gasteiger partial charge in [-0.15, -0.1) is 0 Å². The molecule has 2 aromatic rings. The van der Waals surface area contributed by atoms with Gasteiger partial charge in [0, 0.05) is 22.9 Å². The Morgan fingerprint density at radius 1 is 0.957 bits per heavy atom. The van der Waals surface area contributed by atoms with Gasteiger partial charge < -0.3 is 5.53 Å². The van der Waals surface area contributed by atoms with Crippen LogP contribution in [0.5, 0.6) is 0 Å². The molecule has 0 saturated heterocycles. The maximum absolute atomic E-state index is 12.7. The molecule has 0 aliphatic heterocycles. The van der Waals surface area contributed by atoms with Crippen molar-refractivity contribution in [2.45, 2.75) is 4.90 Å². The van der Waals surface area contributed by atoms with E-state index in [0.29, 0.717) is 6.21 Å². The van der Waals surface area contributed by atoms with Crippen molar-refractivity contribution in [1.82, 2.24) is 0 Å². The van der Waals surface area contributed by atoms with Gasteiger partial charge in [0.2, 0.25) is 0 Å². The van der Waals surface area contributed by atoms with Crippen molar-refractivity contribution in [3.63, 3.8) is 0 Å². The number of benzene rings is 2. The van der Waals surface area contributed by atoms with E-state index in [1.54, 1.807) is 18.2 Å². The first-order valence-electron chi connectivity index (χ1n) is 6.51. The third-order valence-electron chi connectivity index (χ3n) is 3.14. The molecule has 0 aromatic heterocycles. The Morgan fingerprint density at radius 2 is 1.48 bits per heavy atom. The fourth-order valence-electron chi connectivity index (χ4n) is 2.14. The lowest BCUT2D eigenvalue weighted by Gasteiger charge is -2.09. The Bertz CT molecular complexity index is 942. The molecule has 0 fully saturated rings. The van der Waals surface area contributed by atoms with E-state index in [4.69, 9.17) is 5.53 Å². The average Bonchev–Trinajstić information content (AvgIpc) is 2.53. The molecule has 0 radical (unpaired) electrons. The number of nitrogens with zero attached hydrogens (tertiary/aromatic N) is 2. The van der Waals surface area contributed by atoms with Gasteiger partial charge in [0.1, 0.15) is 0 Å². The molecule has 0 aliphatic carbocycles. The van der Waals surface area contributed by atoms with E-state index in [1.165, 1.54) is 30.3 Å². The highest BCUT2D eigenvalue weighted by atomic mass is 32.2. The van der Waals surface area contributed by atoms with Crippen molar-refractivity contribution < 1.29 is 22.8 Å². The highest BCUT2D eigenvalue weighted by Gasteiger charge is 2.23. The van der Waals surface area contributed by atoms with Crippen molar-refractivity contribution in [1.29, 1.82) is 0 Å². The van der Waals surface area contributed by atoms with Crippen molar-refractivity contribution >= 4 is 27.6 Å². The van der Waals surface area contributed by atoms with E-state index < -0.39 is 21.4 Å². The van der Waals surface area contributed by atoms with Crippen molar-refractivity contribution in [3.8, 4) is 0 Å². The zero-order valence-corrected chi connectivity index (χ0v) is 12.9. The van der Waals surface area contributed by atoms with Crippen LogP contribution in [0.15, 0.2) is 53.4 Å². The first kappa shape index (κ1) is 16.5. The zero-order chi connectivity index (χ0) is 17.0. The van der Waals surface area contributed by atoms with Crippen LogP contribution in [0.25, 0.3) is 5.53 Å². The summed E-state index contributed by atoms with van der Waals surface area (Å²) in [5, 5.41) is 0. The number of carbonyl (C=O) groups is 2. The summed E-state index contributed by atoms with van der Waals surface area (Å²) < 4.78 is 23.7. The quantitative estimate of drug-likeness (QED) is 0.361. The number of Topliss-reactive ketones (excluding diaryl/α,β-unsaturated/α-hetero) is 1. The van der Waals surface area contributed by atoms with Crippen LogP contribution in [0.3, 0.4) is 0 Å². The van der Waals surface area contributed by atoms with E-state index in [-0.39, 0.29) is 21.6 Å². The molecule has 2 rings (SSSR count). The number of hydrogen-bond acceptors (Lipinski definition) is 4. The Kier molecular flexibility index (Phi) is 4.64. The number of carbonyl (C=O) groups excluding carboxylic acids is 2. The molecule has 0 heterocycles. The van der Waals surface area contributed by atoms with Crippen LogP contribution in [0, 0.1) is 0 Å². The molecule has 6 nitrogen and oxygen atoms in total. The first-order chi connectivity index (χ1) is 10.9. The van der Waals surface area contributed by atoms with Gasteiger partial charge in [-0.3, -0.25) is 9.59 Å². The predicted molar refractivity (Wildman–Crippen MR) is 83.4 cm³/mol. The van der Waals surface area contributed by atoms with Crippen LogP contribution in [0.1, 0.15) is 26.3 Å². The van der Waals surface area contributed by atoms with Crippen LogP contribution in [-0.2, 0) is 9.84 Å². The Hall–Kier alpha value is -2.89. The molecule has 0 spiro atoms. The Labute approximate surface area is 132 Å². The van der Waals surface area contributed by atoms with Gasteiger partial charge in [-0.05, 0) is 12.1 Å². The van der Waals surface area contributed by atoms with Gasteiger partial charge in [0.25, 0.3) is 5.78 Å². The first-order valence-corrected chi connectivity index (χ1v) is 8.40. The SMILES string of the molecule is CS(=O)(=O)c1ccccc1C(=O)c1ccccc1C(=O)C=[N+]=[N-]. The van der Waals surface area contributed by atoms with Crippen LogP contribution >= 0.6 is 0 Å². The Morgan fingerprint density at radius 3 is 2.04 bits per heavy atom. The molecule has 2 aromatic carbocycles. The second-order valence-electron chi connectivity index (χ2n) is 4.75. The molecule has 0 aliphatic rings. The lowest BCUT2D eigenvalue weighted by atomic mass is 9.96. The summed E-state index contributed by atoms with van der Waals surface area (Å²) >= 11 is 0. The Balaban J connectivity index is 2.65. The van der Waals surface area contributed by atoms with Crippen LogP contribution in [0.2, 0.25) is 0 Å². The lowest BCUT2D eigenvalue weighted by molar-refractivity contribution is 0.00234. The molecular formula is C16H12N2O4S. The maximum Gasteiger partial charge on any atom is 0.328 e. The monoisotopic (exact) mass is 328 g/mol. The molecule has 0 amide bonds. The maximum atomic E-state index is 12.7. The van der Waals surface area contributed by atoms with E-state index in [0.717, 1.165) is 6.26 Å². The molecule has 116 valence electrons. The smallest absolute Gasteiger partial charge is 0.328 e. The molecule has 0 atom stereocenters. The second kappa shape index (κ2) is 6.48. The van der Waals surface area contributed by atoms with Gasteiger partial charge in [-0.1, -0.05) is 36.4 Å². The van der Waals surface area contributed by atoms with E-state index >= 15 is 0 Å². The van der Waals surface area contributed by atoms with Gasteiger partial charge in [-0.25, -0.2) is 8.42 Å². The third-order valence-corrected chi connectivity index (χ3v) is 4.30. The van der Waals surface area contributed by atoms with Crippen LogP contribution in [0.4, 0.5) is 0 Å². The average molecular weight is 328 g/mol. The normalized spacial score (nSPS) is 10.7. The van der Waals surface area contributed by atoms with Crippen molar-refractivity contribution in [2.24, 2.45) is 0 Å². The number of rotatable bonds is 5. The largest absolute Gasteiger partial charge is 0.361 e. The van der Waals surface area contributed by atoms with Gasteiger partial charge in [0.15, 0.2) is 15.6 Å². The molecule has 0 saturated carbocycles.